The molecule has 1 aromatic heterocycles. The van der Waals surface area contributed by atoms with Crippen LogP contribution in [0.3, 0.4) is 0 Å². The Morgan fingerprint density at radius 1 is 1.39 bits per heavy atom. The monoisotopic (exact) mass is 340 g/mol. The number of ether oxygens (including phenoxy) is 1. The zero-order valence-electron chi connectivity index (χ0n) is 13.1. The minimum Gasteiger partial charge on any atom is -0.497 e. The van der Waals surface area contributed by atoms with Crippen molar-refractivity contribution in [3.05, 3.63) is 30.2 Å². The highest BCUT2D eigenvalue weighted by molar-refractivity contribution is 5.85. The first-order chi connectivity index (χ1) is 10.6. The summed E-state index contributed by atoms with van der Waals surface area (Å²) in [4.78, 5) is 15.9. The number of aryl methyl sites for hydroxylation is 1. The minimum atomic E-state index is -0.0813. The van der Waals surface area contributed by atoms with Gasteiger partial charge in [-0.1, -0.05) is 5.16 Å². The van der Waals surface area contributed by atoms with Crippen molar-refractivity contribution in [1.29, 1.82) is 0 Å². The lowest BCUT2D eigenvalue weighted by atomic mass is 10.2. The number of halogens is 1. The van der Waals surface area contributed by atoms with Gasteiger partial charge in [-0.05, 0) is 31.2 Å². The molecule has 7 nitrogen and oxygen atoms in total. The number of nitrogens with zero attached hydrogens (tertiary/aromatic N) is 2. The highest BCUT2D eigenvalue weighted by Crippen LogP contribution is 2.19. The van der Waals surface area contributed by atoms with Crippen molar-refractivity contribution in [2.45, 2.75) is 25.8 Å². The number of benzene rings is 1. The van der Waals surface area contributed by atoms with Crippen LogP contribution in [0.4, 0.5) is 0 Å². The lowest BCUT2D eigenvalue weighted by Gasteiger charge is -2.09. The summed E-state index contributed by atoms with van der Waals surface area (Å²) < 4.78 is 10.3. The van der Waals surface area contributed by atoms with E-state index >= 15 is 0 Å². The lowest BCUT2D eigenvalue weighted by Crippen LogP contribution is -2.37. The Hall–Kier alpha value is -2.12. The van der Waals surface area contributed by atoms with Gasteiger partial charge in [0.15, 0.2) is 0 Å². The number of methoxy groups -OCH3 is 1. The highest BCUT2D eigenvalue weighted by Gasteiger charge is 2.11. The predicted molar refractivity (Wildman–Crippen MR) is 88.5 cm³/mol. The van der Waals surface area contributed by atoms with E-state index in [1.54, 1.807) is 7.11 Å². The molecule has 0 spiro atoms. The van der Waals surface area contributed by atoms with Crippen LogP contribution in [-0.4, -0.2) is 35.7 Å². The topological polar surface area (TPSA) is 103 Å². The van der Waals surface area contributed by atoms with Crippen LogP contribution >= 0.6 is 12.4 Å². The molecule has 3 N–H and O–H groups in total. The predicted octanol–water partition coefficient (Wildman–Crippen LogP) is 1.56. The van der Waals surface area contributed by atoms with Crippen LogP contribution < -0.4 is 15.8 Å². The fraction of sp³-hybridized carbons (Fsp3) is 0.400. The van der Waals surface area contributed by atoms with Gasteiger partial charge in [0.2, 0.25) is 17.6 Å². The van der Waals surface area contributed by atoms with E-state index in [4.69, 9.17) is 15.0 Å². The summed E-state index contributed by atoms with van der Waals surface area (Å²) in [5.41, 5.74) is 6.28. The normalized spacial score (nSPS) is 11.4. The number of nitrogens with two attached hydrogens (primary N) is 1. The maximum Gasteiger partial charge on any atom is 0.227 e. The molecule has 0 aliphatic rings. The number of carbonyl (C=O) groups excluding carboxylic acids is 1. The molecule has 2 aromatic rings. The fourth-order valence-electron chi connectivity index (χ4n) is 1.84. The van der Waals surface area contributed by atoms with Crippen molar-refractivity contribution in [2.24, 2.45) is 5.73 Å². The Bertz CT molecular complexity index is 615. The van der Waals surface area contributed by atoms with E-state index in [-0.39, 0.29) is 30.8 Å². The third-order valence-electron chi connectivity index (χ3n) is 3.14. The number of nitrogens with one attached hydrogen (secondary N) is 1. The SMILES string of the molecule is COc1ccc(-c2noc(CCC(=O)N[C@@H](C)CN)n2)cc1.Cl. The molecule has 0 saturated carbocycles. The zero-order chi connectivity index (χ0) is 15.9. The van der Waals surface area contributed by atoms with Crippen LogP contribution in [0.15, 0.2) is 28.8 Å². The summed E-state index contributed by atoms with van der Waals surface area (Å²) >= 11 is 0. The first kappa shape index (κ1) is 18.9. The maximum atomic E-state index is 11.7. The number of amides is 1. The van der Waals surface area contributed by atoms with Gasteiger partial charge in [0.05, 0.1) is 7.11 Å². The third-order valence-corrected chi connectivity index (χ3v) is 3.14. The van der Waals surface area contributed by atoms with Gasteiger partial charge in [0, 0.05) is 31.0 Å². The highest BCUT2D eigenvalue weighted by atomic mass is 35.5. The quantitative estimate of drug-likeness (QED) is 0.792. The number of aromatic nitrogens is 2. The molecule has 0 saturated heterocycles. The van der Waals surface area contributed by atoms with E-state index in [9.17, 15) is 4.79 Å². The largest absolute Gasteiger partial charge is 0.497 e. The Morgan fingerprint density at radius 2 is 2.09 bits per heavy atom. The number of carbonyl (C=O) groups is 1. The van der Waals surface area contributed by atoms with Crippen LogP contribution in [-0.2, 0) is 11.2 Å². The van der Waals surface area contributed by atoms with Crippen LogP contribution in [0.25, 0.3) is 11.4 Å². The Kier molecular flexibility index (Phi) is 7.50. The molecule has 0 unspecified atom stereocenters. The van der Waals surface area contributed by atoms with Crippen molar-refractivity contribution in [1.82, 2.24) is 15.5 Å². The molecule has 1 aromatic carbocycles. The number of hydrogen-bond acceptors (Lipinski definition) is 6. The Balaban J connectivity index is 0.00000264. The average molecular weight is 341 g/mol. The molecule has 2 rings (SSSR count). The van der Waals surface area contributed by atoms with E-state index in [0.717, 1.165) is 11.3 Å². The first-order valence-electron chi connectivity index (χ1n) is 7.09. The summed E-state index contributed by atoms with van der Waals surface area (Å²) in [6, 6.07) is 7.32. The molecular formula is C15H21ClN4O3. The second-order valence-electron chi connectivity index (χ2n) is 4.94. The molecule has 0 aliphatic heterocycles. The summed E-state index contributed by atoms with van der Waals surface area (Å²) in [5, 5.41) is 6.70. The molecule has 0 aliphatic carbocycles. The Morgan fingerprint density at radius 3 is 2.70 bits per heavy atom. The van der Waals surface area contributed by atoms with Gasteiger partial charge in [-0.2, -0.15) is 4.98 Å². The third kappa shape index (κ3) is 5.54. The van der Waals surface area contributed by atoms with Gasteiger partial charge in [-0.3, -0.25) is 4.79 Å². The van der Waals surface area contributed by atoms with Gasteiger partial charge < -0.3 is 20.3 Å². The minimum absolute atomic E-state index is 0. The van der Waals surface area contributed by atoms with Crippen LogP contribution in [0.2, 0.25) is 0 Å². The molecule has 1 amide bonds. The van der Waals surface area contributed by atoms with Crippen LogP contribution in [0, 0.1) is 0 Å². The van der Waals surface area contributed by atoms with Gasteiger partial charge in [-0.25, -0.2) is 0 Å². The molecule has 126 valence electrons. The second kappa shape index (κ2) is 9.12. The Labute approximate surface area is 141 Å². The average Bonchev–Trinajstić information content (AvgIpc) is 3.02. The van der Waals surface area contributed by atoms with Gasteiger partial charge in [0.25, 0.3) is 0 Å². The first-order valence-corrected chi connectivity index (χ1v) is 7.09. The van der Waals surface area contributed by atoms with Gasteiger partial charge in [-0.15, -0.1) is 12.4 Å². The fourth-order valence-corrected chi connectivity index (χ4v) is 1.84. The number of rotatable bonds is 7. The molecule has 0 bridgehead atoms. The van der Waals surface area contributed by atoms with Crippen LogP contribution in [0.1, 0.15) is 19.2 Å². The van der Waals surface area contributed by atoms with Crippen molar-refractivity contribution in [3.63, 3.8) is 0 Å². The molecule has 1 atom stereocenters. The number of hydrogen-bond donors (Lipinski definition) is 2. The van der Waals surface area contributed by atoms with E-state index in [1.807, 2.05) is 31.2 Å². The molecular weight excluding hydrogens is 320 g/mol. The standard InChI is InChI=1S/C15H20N4O3.ClH/c1-10(9-16)17-13(20)7-8-14-18-15(19-22-14)11-3-5-12(21-2)6-4-11;/h3-6,10H,7-9,16H2,1-2H3,(H,17,20);1H/t10-;/m0./s1. The van der Waals surface area contributed by atoms with Gasteiger partial charge >= 0.3 is 0 Å². The summed E-state index contributed by atoms with van der Waals surface area (Å²) in [6.07, 6.45) is 0.681. The maximum absolute atomic E-state index is 11.7. The second-order valence-corrected chi connectivity index (χ2v) is 4.94. The molecule has 0 radical (unpaired) electrons. The van der Waals surface area contributed by atoms with E-state index < -0.39 is 0 Å². The zero-order valence-corrected chi connectivity index (χ0v) is 13.9. The molecule has 1 heterocycles. The lowest BCUT2D eigenvalue weighted by molar-refractivity contribution is -0.121. The molecule has 8 heteroatoms. The van der Waals surface area contributed by atoms with E-state index in [0.29, 0.717) is 24.7 Å². The van der Waals surface area contributed by atoms with Crippen molar-refractivity contribution in [3.8, 4) is 17.1 Å². The molecule has 0 fully saturated rings. The van der Waals surface area contributed by atoms with E-state index in [2.05, 4.69) is 15.5 Å². The van der Waals surface area contributed by atoms with Gasteiger partial charge in [0.1, 0.15) is 5.75 Å². The van der Waals surface area contributed by atoms with Crippen molar-refractivity contribution in [2.75, 3.05) is 13.7 Å². The van der Waals surface area contributed by atoms with Crippen LogP contribution in [0.5, 0.6) is 5.75 Å². The summed E-state index contributed by atoms with van der Waals surface area (Å²) in [6.45, 7) is 2.26. The van der Waals surface area contributed by atoms with E-state index in [1.165, 1.54) is 0 Å². The van der Waals surface area contributed by atoms with Crippen molar-refractivity contribution >= 4 is 18.3 Å². The summed E-state index contributed by atoms with van der Waals surface area (Å²) in [7, 11) is 1.61. The summed E-state index contributed by atoms with van der Waals surface area (Å²) in [5.74, 6) is 1.61. The molecule has 23 heavy (non-hydrogen) atoms. The smallest absolute Gasteiger partial charge is 0.227 e. The van der Waals surface area contributed by atoms with Crippen molar-refractivity contribution < 1.29 is 14.1 Å².